The topological polar surface area (TPSA) is 427 Å². The maximum atomic E-state index is 13.6. The van der Waals surface area contributed by atoms with Gasteiger partial charge in [0.15, 0.2) is 31.3 Å². The van der Waals surface area contributed by atoms with Crippen LogP contribution >= 0.6 is 0 Å². The third-order valence-electron chi connectivity index (χ3n) is 22.4. The number of hydrogen-bond donors (Lipinski definition) is 14. The summed E-state index contributed by atoms with van der Waals surface area (Å²) in [6.45, 7) is 15.6. The Morgan fingerprint density at radius 1 is 0.651 bits per heavy atom. The molecule has 14 N–H and O–H groups in total. The van der Waals surface area contributed by atoms with E-state index in [2.05, 4.69) is 19.9 Å². The Bertz CT molecular complexity index is 2530. The van der Waals surface area contributed by atoms with Crippen molar-refractivity contribution in [3.05, 3.63) is 23.3 Å². The molecule has 0 amide bonds. The minimum Gasteiger partial charge on any atom is -0.479 e. The van der Waals surface area contributed by atoms with E-state index >= 15 is 0 Å². The van der Waals surface area contributed by atoms with Crippen LogP contribution in [0.4, 0.5) is 0 Å². The highest BCUT2D eigenvalue weighted by Crippen LogP contribution is 2.76. The number of esters is 2. The van der Waals surface area contributed by atoms with Gasteiger partial charge in [-0.2, -0.15) is 0 Å². The van der Waals surface area contributed by atoms with Gasteiger partial charge < -0.3 is 119 Å². The predicted octanol–water partition coefficient (Wildman–Crippen LogP) is -2.22. The Kier molecular flexibility index (Phi) is 19.3. The summed E-state index contributed by atoms with van der Waals surface area (Å²) in [5, 5.41) is 157. The fraction of sp³-hybridized carbons (Fsp3) is 0.881. The molecule has 0 aromatic heterocycles. The number of ether oxygens (including phenoxy) is 10. The van der Waals surface area contributed by atoms with Crippen LogP contribution in [0.25, 0.3) is 0 Å². The first-order valence-electron chi connectivity index (χ1n) is 29.9. The number of carboxylic acids is 1. The molecule has 0 radical (unpaired) electrons. The molecular formula is C59H92O27. The highest BCUT2D eigenvalue weighted by atomic mass is 16.8. The van der Waals surface area contributed by atoms with Gasteiger partial charge in [0.2, 0.25) is 0 Å². The summed E-state index contributed by atoms with van der Waals surface area (Å²) >= 11 is 0. The third-order valence-corrected chi connectivity index (χ3v) is 22.4. The largest absolute Gasteiger partial charge is 0.479 e. The standard InChI is InChI=1S/C59H92O27/c1-11-23(2)49(76)86-47-46(73)59(22-78-24(3)62)26(18-54(47,4)5)25-12-13-31-56(8)16-15-32(55(6,7)30(56)14-17-57(31,9)58(25,10)44(71)45(59)72)81-53-43(85-52-39(70)36(67)34(65)28(19-60)79-52)41(82-50-37(68)33(64)27(63)21-77-50)40(42(84-53)48(74)75)83-51-38(69)35(66)29(20-61)80-51/h11-12,26-47,50-53,60-61,63-73H,13-22H2,1-10H3,(H,74,75). The molecular weight excluding hydrogens is 1140 g/mol. The van der Waals surface area contributed by atoms with Crippen LogP contribution in [0.1, 0.15) is 108 Å². The summed E-state index contributed by atoms with van der Waals surface area (Å²) in [5.41, 5.74) is -4.88. The highest BCUT2D eigenvalue weighted by Gasteiger charge is 2.76. The van der Waals surface area contributed by atoms with Crippen LogP contribution < -0.4 is 0 Å². The first kappa shape index (κ1) is 67.4. The summed E-state index contributed by atoms with van der Waals surface area (Å²) in [5.74, 6) is -4.15. The lowest BCUT2D eigenvalue weighted by Gasteiger charge is -2.73. The van der Waals surface area contributed by atoms with E-state index in [1.54, 1.807) is 19.9 Å². The summed E-state index contributed by atoms with van der Waals surface area (Å²) in [7, 11) is 0. The van der Waals surface area contributed by atoms with Gasteiger partial charge in [0.25, 0.3) is 0 Å². The summed E-state index contributed by atoms with van der Waals surface area (Å²) in [6, 6.07) is 0. The number of fused-ring (bicyclic) bond motifs is 7. The molecule has 0 bridgehead atoms. The normalized spacial score (nSPS) is 50.8. The molecule has 4 saturated carbocycles. The number of carbonyl (C=O) groups excluding carboxylic acids is 2. The van der Waals surface area contributed by atoms with Gasteiger partial charge in [-0.1, -0.05) is 66.2 Å². The maximum Gasteiger partial charge on any atom is 0.335 e. The van der Waals surface area contributed by atoms with Crippen molar-refractivity contribution in [2.75, 3.05) is 26.4 Å². The Balaban J connectivity index is 1.07. The zero-order valence-corrected chi connectivity index (χ0v) is 50.3. The molecule has 86 heavy (non-hydrogen) atoms. The number of aliphatic carboxylic acids is 1. The number of aliphatic hydroxyl groups excluding tert-OH is 13. The number of carboxylic acid groups (broad SMARTS) is 1. The quantitative estimate of drug-likeness (QED) is 0.0357. The SMILES string of the molecule is CC=C(C)C(=O)OC1C(O)C2(COC(C)=O)C(CC1(C)C)C1=CCC3C4(C)CCC(OC5OC(C(=O)O)C(OC6OC(CO)C(O)C6O)C(OC6OCC(O)C(O)C6O)C5OC5OC(CO)C(O)C(O)C5O)C(C)(C)C4CCC3(C)C1(C)C(O)C2O. The minimum atomic E-state index is -2.18. The van der Waals surface area contributed by atoms with Crippen LogP contribution in [0.5, 0.6) is 0 Å². The van der Waals surface area contributed by atoms with E-state index < -0.39 is 224 Å². The minimum absolute atomic E-state index is 0.197. The second kappa shape index (κ2) is 24.6. The third kappa shape index (κ3) is 10.8. The smallest absolute Gasteiger partial charge is 0.335 e. The van der Waals surface area contributed by atoms with Crippen LogP contribution in [0.3, 0.4) is 0 Å². The number of aliphatic hydroxyl groups is 13. The molecule has 4 heterocycles. The average Bonchev–Trinajstić information content (AvgIpc) is 0.723. The van der Waals surface area contributed by atoms with E-state index in [1.165, 1.54) is 6.92 Å². The molecule has 30 atom stereocenters. The molecule has 5 aliphatic carbocycles. The first-order chi connectivity index (χ1) is 40.1. The summed E-state index contributed by atoms with van der Waals surface area (Å²) < 4.78 is 61.0. The van der Waals surface area contributed by atoms with Gasteiger partial charge in [-0.25, -0.2) is 9.59 Å². The second-order valence-electron chi connectivity index (χ2n) is 27.6. The zero-order valence-electron chi connectivity index (χ0n) is 50.3. The monoisotopic (exact) mass is 1230 g/mol. The lowest BCUT2D eigenvalue weighted by Crippen LogP contribution is -2.76. The van der Waals surface area contributed by atoms with Gasteiger partial charge in [-0.3, -0.25) is 4.79 Å². The van der Waals surface area contributed by atoms with Gasteiger partial charge in [0, 0.05) is 23.3 Å². The number of rotatable bonds is 15. The van der Waals surface area contributed by atoms with Gasteiger partial charge in [0.05, 0.1) is 43.5 Å². The van der Waals surface area contributed by atoms with E-state index in [9.17, 15) is 85.9 Å². The molecule has 4 aliphatic heterocycles. The average molecular weight is 1230 g/mol. The van der Waals surface area contributed by atoms with Crippen LogP contribution in [0, 0.1) is 50.2 Å². The molecule has 27 heteroatoms. The fourth-order valence-electron chi connectivity index (χ4n) is 17.2. The molecule has 30 unspecified atom stereocenters. The van der Waals surface area contributed by atoms with Crippen LogP contribution in [0.2, 0.25) is 0 Å². The van der Waals surface area contributed by atoms with Crippen molar-refractivity contribution < 1.29 is 133 Å². The Morgan fingerprint density at radius 2 is 1.23 bits per heavy atom. The van der Waals surface area contributed by atoms with Crippen LogP contribution in [-0.4, -0.2) is 257 Å². The van der Waals surface area contributed by atoms with E-state index in [4.69, 9.17) is 47.4 Å². The van der Waals surface area contributed by atoms with E-state index in [0.717, 1.165) is 5.57 Å². The lowest BCUT2D eigenvalue weighted by atomic mass is 9.32. The zero-order chi connectivity index (χ0) is 63.5. The number of allylic oxidation sites excluding steroid dienone is 2. The molecule has 9 rings (SSSR count). The molecule has 8 fully saturated rings. The first-order valence-corrected chi connectivity index (χ1v) is 29.9. The van der Waals surface area contributed by atoms with Gasteiger partial charge in [-0.15, -0.1) is 0 Å². The molecule has 4 saturated heterocycles. The molecule has 0 aromatic carbocycles. The number of carbonyl (C=O) groups is 3. The van der Waals surface area contributed by atoms with E-state index in [-0.39, 0.29) is 24.7 Å². The second-order valence-corrected chi connectivity index (χ2v) is 27.6. The van der Waals surface area contributed by atoms with Crippen LogP contribution in [0.15, 0.2) is 23.3 Å². The Morgan fingerprint density at radius 3 is 1.83 bits per heavy atom. The summed E-state index contributed by atoms with van der Waals surface area (Å²) in [6.07, 6.45) is -34.8. The van der Waals surface area contributed by atoms with Crippen molar-refractivity contribution >= 4 is 17.9 Å². The molecule has 27 nitrogen and oxygen atoms in total. The van der Waals surface area contributed by atoms with E-state index in [1.807, 2.05) is 34.6 Å². The van der Waals surface area contributed by atoms with Gasteiger partial charge >= 0.3 is 17.9 Å². The predicted molar refractivity (Wildman–Crippen MR) is 290 cm³/mol. The molecule has 9 aliphatic rings. The van der Waals surface area contributed by atoms with Crippen molar-refractivity contribution in [3.63, 3.8) is 0 Å². The van der Waals surface area contributed by atoms with E-state index in [0.29, 0.717) is 31.3 Å². The number of hydrogen-bond acceptors (Lipinski definition) is 26. The Hall–Kier alpha value is -2.95. The Labute approximate surface area is 498 Å². The van der Waals surface area contributed by atoms with Gasteiger partial charge in [-0.05, 0) is 86.4 Å². The molecule has 0 spiro atoms. The van der Waals surface area contributed by atoms with Crippen LogP contribution in [-0.2, 0) is 61.8 Å². The molecule has 0 aromatic rings. The van der Waals surface area contributed by atoms with Crippen molar-refractivity contribution in [1.82, 2.24) is 0 Å². The van der Waals surface area contributed by atoms with Crippen molar-refractivity contribution in [2.24, 2.45) is 50.2 Å². The van der Waals surface area contributed by atoms with Crippen molar-refractivity contribution in [1.29, 1.82) is 0 Å². The summed E-state index contributed by atoms with van der Waals surface area (Å²) in [4.78, 5) is 39.6. The van der Waals surface area contributed by atoms with Gasteiger partial charge in [0.1, 0.15) is 98.2 Å². The molecule has 490 valence electrons. The van der Waals surface area contributed by atoms with Crippen molar-refractivity contribution in [3.8, 4) is 0 Å². The highest BCUT2D eigenvalue weighted by molar-refractivity contribution is 5.87. The maximum absolute atomic E-state index is 13.6. The lowest BCUT2D eigenvalue weighted by molar-refractivity contribution is -0.401. The fourth-order valence-corrected chi connectivity index (χ4v) is 17.2. The van der Waals surface area contributed by atoms with Crippen molar-refractivity contribution in [2.45, 2.75) is 249 Å².